The molecule has 5 nitrogen and oxygen atoms in total. The minimum atomic E-state index is -0.604. The maximum absolute atomic E-state index is 12.8. The highest BCUT2D eigenvalue weighted by molar-refractivity contribution is 5.41. The predicted octanol–water partition coefficient (Wildman–Crippen LogP) is 2.31. The van der Waals surface area contributed by atoms with E-state index in [4.69, 9.17) is 0 Å². The van der Waals surface area contributed by atoms with Crippen molar-refractivity contribution < 1.29 is 5.11 Å². The maximum Gasteiger partial charge on any atom is 0.343 e. The highest BCUT2D eigenvalue weighted by Crippen LogP contribution is 2.17. The topological polar surface area (TPSA) is 64.2 Å². The SMILES string of the molecule is Cc1ccc(-n2c(O)c(C)c(=O)n(-c3ccccc3)c2=O)cc1. The van der Waals surface area contributed by atoms with Crippen molar-refractivity contribution in [2.24, 2.45) is 0 Å². The zero-order valence-electron chi connectivity index (χ0n) is 12.9. The molecular weight excluding hydrogens is 292 g/mol. The van der Waals surface area contributed by atoms with Crippen molar-refractivity contribution in [3.63, 3.8) is 0 Å². The van der Waals surface area contributed by atoms with E-state index < -0.39 is 11.2 Å². The minimum absolute atomic E-state index is 0.119. The van der Waals surface area contributed by atoms with E-state index in [0.29, 0.717) is 11.4 Å². The first kappa shape index (κ1) is 14.8. The number of para-hydroxylation sites is 1. The number of aromatic nitrogens is 2. The van der Waals surface area contributed by atoms with Crippen molar-refractivity contribution in [3.05, 3.63) is 86.6 Å². The molecule has 2 aromatic carbocycles. The van der Waals surface area contributed by atoms with Crippen molar-refractivity contribution in [2.45, 2.75) is 13.8 Å². The van der Waals surface area contributed by atoms with Crippen LogP contribution in [0.5, 0.6) is 5.88 Å². The van der Waals surface area contributed by atoms with Gasteiger partial charge < -0.3 is 5.11 Å². The Bertz CT molecular complexity index is 968. The summed E-state index contributed by atoms with van der Waals surface area (Å²) in [6.07, 6.45) is 0. The van der Waals surface area contributed by atoms with E-state index in [-0.39, 0.29) is 11.4 Å². The Morgan fingerprint density at radius 1 is 0.783 bits per heavy atom. The Morgan fingerprint density at radius 2 is 1.35 bits per heavy atom. The van der Waals surface area contributed by atoms with Crippen LogP contribution in [0.4, 0.5) is 0 Å². The maximum atomic E-state index is 12.8. The predicted molar refractivity (Wildman–Crippen MR) is 88.8 cm³/mol. The zero-order valence-corrected chi connectivity index (χ0v) is 12.9. The molecule has 1 aromatic heterocycles. The van der Waals surface area contributed by atoms with Gasteiger partial charge in [-0.05, 0) is 38.1 Å². The second kappa shape index (κ2) is 5.61. The number of aryl methyl sites for hydroxylation is 1. The molecule has 0 radical (unpaired) electrons. The fourth-order valence-electron chi connectivity index (χ4n) is 2.44. The summed E-state index contributed by atoms with van der Waals surface area (Å²) in [7, 11) is 0. The first-order valence-electron chi connectivity index (χ1n) is 7.21. The Balaban J connectivity index is 2.38. The quantitative estimate of drug-likeness (QED) is 0.790. The van der Waals surface area contributed by atoms with Crippen LogP contribution in [-0.2, 0) is 0 Å². The highest BCUT2D eigenvalue weighted by Gasteiger charge is 2.17. The summed E-state index contributed by atoms with van der Waals surface area (Å²) in [6, 6.07) is 15.8. The van der Waals surface area contributed by atoms with E-state index in [2.05, 4.69) is 0 Å². The summed E-state index contributed by atoms with van der Waals surface area (Å²) < 4.78 is 2.21. The van der Waals surface area contributed by atoms with Crippen molar-refractivity contribution >= 4 is 0 Å². The van der Waals surface area contributed by atoms with Gasteiger partial charge in [-0.25, -0.2) is 13.9 Å². The first-order chi connectivity index (χ1) is 11.0. The van der Waals surface area contributed by atoms with Gasteiger partial charge in [0.05, 0.1) is 16.9 Å². The number of hydrogen-bond acceptors (Lipinski definition) is 3. The fourth-order valence-corrected chi connectivity index (χ4v) is 2.44. The largest absolute Gasteiger partial charge is 0.494 e. The normalized spacial score (nSPS) is 10.7. The lowest BCUT2D eigenvalue weighted by Crippen LogP contribution is -2.39. The van der Waals surface area contributed by atoms with Gasteiger partial charge in [-0.3, -0.25) is 4.79 Å². The van der Waals surface area contributed by atoms with Gasteiger partial charge in [-0.15, -0.1) is 0 Å². The molecule has 116 valence electrons. The average Bonchev–Trinajstić information content (AvgIpc) is 2.56. The van der Waals surface area contributed by atoms with E-state index >= 15 is 0 Å². The van der Waals surface area contributed by atoms with Gasteiger partial charge in [0, 0.05) is 0 Å². The van der Waals surface area contributed by atoms with Crippen LogP contribution in [0.2, 0.25) is 0 Å². The lowest BCUT2D eigenvalue weighted by atomic mass is 10.2. The third kappa shape index (κ3) is 2.46. The van der Waals surface area contributed by atoms with Crippen LogP contribution in [0.3, 0.4) is 0 Å². The van der Waals surface area contributed by atoms with E-state index in [0.717, 1.165) is 14.7 Å². The van der Waals surface area contributed by atoms with Gasteiger partial charge in [0.1, 0.15) is 0 Å². The van der Waals surface area contributed by atoms with Gasteiger partial charge in [0.2, 0.25) is 5.88 Å². The van der Waals surface area contributed by atoms with Gasteiger partial charge in [0.15, 0.2) is 0 Å². The number of benzene rings is 2. The molecule has 0 saturated heterocycles. The summed E-state index contributed by atoms with van der Waals surface area (Å²) in [5.41, 5.74) is 0.996. The number of aromatic hydroxyl groups is 1. The molecule has 0 atom stereocenters. The Hall–Kier alpha value is -3.08. The molecule has 0 aliphatic heterocycles. The van der Waals surface area contributed by atoms with Crippen LogP contribution in [0, 0.1) is 13.8 Å². The van der Waals surface area contributed by atoms with E-state index in [1.807, 2.05) is 19.1 Å². The standard InChI is InChI=1S/C18H16N2O3/c1-12-8-10-15(11-9-12)20-17(22)13(2)16(21)19(18(20)23)14-6-4-3-5-7-14/h3-11,22H,1-2H3. The molecule has 0 bridgehead atoms. The third-order valence-corrected chi connectivity index (χ3v) is 3.76. The van der Waals surface area contributed by atoms with E-state index in [1.54, 1.807) is 42.5 Å². The fraction of sp³-hybridized carbons (Fsp3) is 0.111. The summed E-state index contributed by atoms with van der Waals surface area (Å²) in [5.74, 6) is -0.337. The molecule has 1 heterocycles. The van der Waals surface area contributed by atoms with Crippen LogP contribution < -0.4 is 11.2 Å². The number of hydrogen-bond donors (Lipinski definition) is 1. The molecular formula is C18H16N2O3. The highest BCUT2D eigenvalue weighted by atomic mass is 16.3. The molecule has 3 rings (SSSR count). The molecule has 1 N–H and O–H groups in total. The zero-order chi connectivity index (χ0) is 16.6. The Labute approximate surface area is 132 Å². The second-order valence-electron chi connectivity index (χ2n) is 5.38. The molecule has 0 spiro atoms. The van der Waals surface area contributed by atoms with Gasteiger partial charge >= 0.3 is 5.69 Å². The van der Waals surface area contributed by atoms with Gasteiger partial charge in [0.25, 0.3) is 5.56 Å². The summed E-state index contributed by atoms with van der Waals surface area (Å²) in [5, 5.41) is 10.3. The molecule has 0 fully saturated rings. The number of rotatable bonds is 2. The van der Waals surface area contributed by atoms with Crippen LogP contribution in [0.15, 0.2) is 64.2 Å². The monoisotopic (exact) mass is 308 g/mol. The lowest BCUT2D eigenvalue weighted by molar-refractivity contribution is 0.423. The van der Waals surface area contributed by atoms with Crippen LogP contribution in [-0.4, -0.2) is 14.2 Å². The van der Waals surface area contributed by atoms with Crippen LogP contribution in [0.1, 0.15) is 11.1 Å². The van der Waals surface area contributed by atoms with Crippen molar-refractivity contribution in [2.75, 3.05) is 0 Å². The van der Waals surface area contributed by atoms with Crippen molar-refractivity contribution in [3.8, 4) is 17.3 Å². The molecule has 3 aromatic rings. The molecule has 0 aliphatic rings. The smallest absolute Gasteiger partial charge is 0.343 e. The van der Waals surface area contributed by atoms with E-state index in [9.17, 15) is 14.7 Å². The Kier molecular flexibility index (Phi) is 3.62. The molecule has 23 heavy (non-hydrogen) atoms. The average molecular weight is 308 g/mol. The summed E-state index contributed by atoms with van der Waals surface area (Å²) in [4.78, 5) is 25.3. The third-order valence-electron chi connectivity index (χ3n) is 3.76. The van der Waals surface area contributed by atoms with Crippen LogP contribution >= 0.6 is 0 Å². The second-order valence-corrected chi connectivity index (χ2v) is 5.38. The van der Waals surface area contributed by atoms with E-state index in [1.165, 1.54) is 6.92 Å². The molecule has 0 saturated carbocycles. The summed E-state index contributed by atoms with van der Waals surface area (Å²) >= 11 is 0. The van der Waals surface area contributed by atoms with Gasteiger partial charge in [-0.2, -0.15) is 0 Å². The Morgan fingerprint density at radius 3 is 1.96 bits per heavy atom. The molecule has 5 heteroatoms. The van der Waals surface area contributed by atoms with Crippen molar-refractivity contribution in [1.82, 2.24) is 9.13 Å². The molecule has 0 aliphatic carbocycles. The summed E-state index contributed by atoms with van der Waals surface area (Å²) in [6.45, 7) is 3.43. The first-order valence-corrected chi connectivity index (χ1v) is 7.21. The number of nitrogens with zero attached hydrogens (tertiary/aromatic N) is 2. The van der Waals surface area contributed by atoms with Crippen molar-refractivity contribution in [1.29, 1.82) is 0 Å². The molecule has 0 amide bonds. The molecule has 0 unspecified atom stereocenters. The van der Waals surface area contributed by atoms with Gasteiger partial charge in [-0.1, -0.05) is 35.9 Å². The minimum Gasteiger partial charge on any atom is -0.494 e. The lowest BCUT2D eigenvalue weighted by Gasteiger charge is -2.14. The van der Waals surface area contributed by atoms with Crippen LogP contribution in [0.25, 0.3) is 11.4 Å².